The Bertz CT molecular complexity index is 630. The Labute approximate surface area is 116 Å². The summed E-state index contributed by atoms with van der Waals surface area (Å²) in [6.45, 7) is 1.93. The topological polar surface area (TPSA) is 36.7 Å². The van der Waals surface area contributed by atoms with Gasteiger partial charge in [-0.3, -0.25) is 4.98 Å². The Morgan fingerprint density at radius 3 is 2.78 bits per heavy atom. The monoisotopic (exact) mass is 276 g/mol. The van der Waals surface area contributed by atoms with Crippen LogP contribution < -0.4 is 0 Å². The lowest BCUT2D eigenvalue weighted by Crippen LogP contribution is -1.93. The Morgan fingerprint density at radius 2 is 2.06 bits per heavy atom. The number of nitriles is 1. The van der Waals surface area contributed by atoms with Crippen LogP contribution in [0.2, 0.25) is 10.0 Å². The maximum Gasteiger partial charge on any atom is 0.0720 e. The molecule has 0 bridgehead atoms. The van der Waals surface area contributed by atoms with E-state index in [1.165, 1.54) is 0 Å². The van der Waals surface area contributed by atoms with Gasteiger partial charge in [-0.15, -0.1) is 0 Å². The molecular formula is C14H10Cl2N2. The first kappa shape index (κ1) is 12.9. The summed E-state index contributed by atoms with van der Waals surface area (Å²) in [5, 5.41) is 9.99. The number of hydrogen-bond acceptors (Lipinski definition) is 2. The van der Waals surface area contributed by atoms with Gasteiger partial charge in [0.05, 0.1) is 23.2 Å². The van der Waals surface area contributed by atoms with Gasteiger partial charge in [0.25, 0.3) is 0 Å². The number of hydrogen-bond donors (Lipinski definition) is 0. The average molecular weight is 277 g/mol. The molecule has 90 valence electrons. The lowest BCUT2D eigenvalue weighted by atomic mass is 10.0. The van der Waals surface area contributed by atoms with Gasteiger partial charge in [0.2, 0.25) is 0 Å². The van der Waals surface area contributed by atoms with E-state index in [1.54, 1.807) is 24.4 Å². The van der Waals surface area contributed by atoms with Gasteiger partial charge in [-0.2, -0.15) is 5.26 Å². The number of aryl methyl sites for hydroxylation is 1. The van der Waals surface area contributed by atoms with Crippen molar-refractivity contribution in [3.8, 4) is 17.3 Å². The summed E-state index contributed by atoms with van der Waals surface area (Å²) in [6, 6.07) is 9.28. The molecule has 0 aliphatic heterocycles. The fraction of sp³-hybridized carbons (Fsp3) is 0.143. The van der Waals surface area contributed by atoms with Crippen molar-refractivity contribution in [1.82, 2.24) is 4.98 Å². The van der Waals surface area contributed by atoms with E-state index >= 15 is 0 Å². The summed E-state index contributed by atoms with van der Waals surface area (Å²) in [6.07, 6.45) is 2.11. The summed E-state index contributed by atoms with van der Waals surface area (Å²) >= 11 is 12.1. The van der Waals surface area contributed by atoms with E-state index in [4.69, 9.17) is 28.5 Å². The van der Waals surface area contributed by atoms with E-state index in [1.807, 2.05) is 13.0 Å². The fourth-order valence-electron chi connectivity index (χ4n) is 1.68. The molecule has 2 rings (SSSR count). The van der Waals surface area contributed by atoms with Crippen LogP contribution in [0.4, 0.5) is 0 Å². The summed E-state index contributed by atoms with van der Waals surface area (Å²) in [5.74, 6) is 0. The van der Waals surface area contributed by atoms with E-state index in [-0.39, 0.29) is 0 Å². The van der Waals surface area contributed by atoms with E-state index < -0.39 is 0 Å². The van der Waals surface area contributed by atoms with E-state index in [2.05, 4.69) is 11.1 Å². The lowest BCUT2D eigenvalue weighted by Gasteiger charge is -2.07. The number of pyridine rings is 1. The van der Waals surface area contributed by atoms with E-state index in [0.29, 0.717) is 16.5 Å². The second-order valence-corrected chi connectivity index (χ2v) is 4.80. The number of benzene rings is 1. The van der Waals surface area contributed by atoms with Crippen molar-refractivity contribution < 1.29 is 0 Å². The molecule has 0 radical (unpaired) electrons. The quantitative estimate of drug-likeness (QED) is 0.814. The molecule has 0 aliphatic rings. The lowest BCUT2D eigenvalue weighted by molar-refractivity contribution is 1.16. The highest BCUT2D eigenvalue weighted by molar-refractivity contribution is 6.35. The highest BCUT2D eigenvalue weighted by Gasteiger charge is 2.08. The summed E-state index contributed by atoms with van der Waals surface area (Å²) < 4.78 is 0. The molecule has 0 aliphatic carbocycles. The zero-order valence-electron chi connectivity index (χ0n) is 9.74. The molecule has 0 amide bonds. The normalized spacial score (nSPS) is 10.1. The molecule has 0 saturated carbocycles. The first-order valence-electron chi connectivity index (χ1n) is 5.39. The van der Waals surface area contributed by atoms with Crippen molar-refractivity contribution in [3.05, 3.63) is 51.6 Å². The molecule has 1 aromatic carbocycles. The smallest absolute Gasteiger partial charge is 0.0720 e. The largest absolute Gasteiger partial charge is 0.256 e. The van der Waals surface area contributed by atoms with Crippen LogP contribution in [0.3, 0.4) is 0 Å². The molecule has 0 fully saturated rings. The minimum absolute atomic E-state index is 0.361. The van der Waals surface area contributed by atoms with Crippen molar-refractivity contribution in [2.24, 2.45) is 0 Å². The van der Waals surface area contributed by atoms with Gasteiger partial charge in [0.1, 0.15) is 0 Å². The zero-order valence-corrected chi connectivity index (χ0v) is 11.3. The minimum Gasteiger partial charge on any atom is -0.256 e. The predicted molar refractivity (Wildman–Crippen MR) is 73.7 cm³/mol. The number of nitrogens with zero attached hydrogens (tertiary/aromatic N) is 2. The Balaban J connectivity index is 2.54. The van der Waals surface area contributed by atoms with E-state index in [9.17, 15) is 0 Å². The molecule has 0 unspecified atom stereocenters. The van der Waals surface area contributed by atoms with Crippen LogP contribution in [-0.4, -0.2) is 4.98 Å². The van der Waals surface area contributed by atoms with Gasteiger partial charge in [0, 0.05) is 16.8 Å². The van der Waals surface area contributed by atoms with Gasteiger partial charge in [-0.1, -0.05) is 23.2 Å². The van der Waals surface area contributed by atoms with Gasteiger partial charge in [0.15, 0.2) is 0 Å². The first-order valence-corrected chi connectivity index (χ1v) is 6.15. The Kier molecular flexibility index (Phi) is 3.86. The molecule has 0 atom stereocenters. The maximum atomic E-state index is 8.79. The Hall–Kier alpha value is -1.56. The second kappa shape index (κ2) is 5.39. The molecule has 1 aromatic heterocycles. The summed E-state index contributed by atoms with van der Waals surface area (Å²) in [5.41, 5.74) is 3.47. The van der Waals surface area contributed by atoms with Crippen LogP contribution in [0.1, 0.15) is 11.1 Å². The van der Waals surface area contributed by atoms with Crippen molar-refractivity contribution in [1.29, 1.82) is 5.26 Å². The summed E-state index contributed by atoms with van der Waals surface area (Å²) in [7, 11) is 0. The third kappa shape index (κ3) is 2.64. The highest BCUT2D eigenvalue weighted by Crippen LogP contribution is 2.30. The van der Waals surface area contributed by atoms with Gasteiger partial charge < -0.3 is 0 Å². The van der Waals surface area contributed by atoms with Crippen molar-refractivity contribution in [2.75, 3.05) is 0 Å². The van der Waals surface area contributed by atoms with Gasteiger partial charge in [-0.25, -0.2) is 0 Å². The number of halogens is 2. The average Bonchev–Trinajstić information content (AvgIpc) is 2.35. The van der Waals surface area contributed by atoms with Crippen molar-refractivity contribution in [3.63, 3.8) is 0 Å². The van der Waals surface area contributed by atoms with Crippen molar-refractivity contribution >= 4 is 23.2 Å². The van der Waals surface area contributed by atoms with Crippen LogP contribution in [0.5, 0.6) is 0 Å². The predicted octanol–water partition coefficient (Wildman–Crippen LogP) is 4.43. The standard InChI is InChI=1S/C14H10Cl2N2/c1-9-8-18-14(6-10(9)4-5-17)12-7-11(15)2-3-13(12)16/h2-3,6-8H,4H2,1H3. The van der Waals surface area contributed by atoms with E-state index in [0.717, 1.165) is 22.4 Å². The van der Waals surface area contributed by atoms with Crippen LogP contribution in [0, 0.1) is 18.3 Å². The number of aromatic nitrogens is 1. The molecular weight excluding hydrogens is 267 g/mol. The molecule has 1 heterocycles. The van der Waals surface area contributed by atoms with Crippen LogP contribution >= 0.6 is 23.2 Å². The fourth-order valence-corrected chi connectivity index (χ4v) is 2.07. The molecule has 4 heteroatoms. The minimum atomic E-state index is 0.361. The number of rotatable bonds is 2. The maximum absolute atomic E-state index is 8.79. The zero-order chi connectivity index (χ0) is 13.1. The molecule has 2 aromatic rings. The molecule has 0 N–H and O–H groups in total. The van der Waals surface area contributed by atoms with Gasteiger partial charge in [-0.05, 0) is 42.3 Å². The third-order valence-corrected chi connectivity index (χ3v) is 3.25. The summed E-state index contributed by atoms with van der Waals surface area (Å²) in [4.78, 5) is 4.34. The third-order valence-electron chi connectivity index (χ3n) is 2.69. The Morgan fingerprint density at radius 1 is 1.28 bits per heavy atom. The van der Waals surface area contributed by atoms with Crippen LogP contribution in [0.25, 0.3) is 11.3 Å². The van der Waals surface area contributed by atoms with Crippen molar-refractivity contribution in [2.45, 2.75) is 13.3 Å². The van der Waals surface area contributed by atoms with Crippen LogP contribution in [-0.2, 0) is 6.42 Å². The highest BCUT2D eigenvalue weighted by atomic mass is 35.5. The molecule has 18 heavy (non-hydrogen) atoms. The van der Waals surface area contributed by atoms with Crippen LogP contribution in [0.15, 0.2) is 30.5 Å². The first-order chi connectivity index (χ1) is 8.61. The van der Waals surface area contributed by atoms with Gasteiger partial charge >= 0.3 is 0 Å². The molecule has 2 nitrogen and oxygen atoms in total. The molecule has 0 saturated heterocycles. The SMILES string of the molecule is Cc1cnc(-c2cc(Cl)ccc2Cl)cc1CC#N. The molecule has 0 spiro atoms. The second-order valence-electron chi connectivity index (χ2n) is 3.96.